The van der Waals surface area contributed by atoms with Crippen molar-refractivity contribution in [1.82, 2.24) is 9.97 Å². The quantitative estimate of drug-likeness (QED) is 0.376. The fraction of sp³-hybridized carbons (Fsp3) is 0.615. The first-order valence-corrected chi connectivity index (χ1v) is 11.8. The van der Waals surface area contributed by atoms with E-state index >= 15 is 0 Å². The van der Waals surface area contributed by atoms with Crippen LogP contribution in [0, 0.1) is 11.8 Å². The van der Waals surface area contributed by atoms with Gasteiger partial charge in [-0.25, -0.2) is 9.97 Å². The van der Waals surface area contributed by atoms with Gasteiger partial charge < -0.3 is 4.74 Å². The van der Waals surface area contributed by atoms with Gasteiger partial charge in [0, 0.05) is 5.56 Å². The van der Waals surface area contributed by atoms with Gasteiger partial charge in [0.1, 0.15) is 0 Å². The maximum atomic E-state index is 5.56. The molecule has 1 aromatic carbocycles. The number of aromatic nitrogens is 2. The minimum absolute atomic E-state index is 0.706. The zero-order valence-electron chi connectivity index (χ0n) is 18.4. The Balaban J connectivity index is 1.42. The van der Waals surface area contributed by atoms with E-state index in [0.29, 0.717) is 6.61 Å². The van der Waals surface area contributed by atoms with Gasteiger partial charge in [-0.1, -0.05) is 89.5 Å². The molecule has 0 unspecified atom stereocenters. The fourth-order valence-electron chi connectivity index (χ4n) is 4.44. The van der Waals surface area contributed by atoms with Crippen LogP contribution in [-0.4, -0.2) is 16.6 Å². The Morgan fingerprint density at radius 3 is 2.10 bits per heavy atom. The molecule has 1 fully saturated rings. The van der Waals surface area contributed by atoms with Gasteiger partial charge in [0.15, 0.2) is 11.6 Å². The summed E-state index contributed by atoms with van der Waals surface area (Å²) < 4.78 is 5.56. The highest BCUT2D eigenvalue weighted by molar-refractivity contribution is 5.55. The molecule has 0 bridgehead atoms. The molecule has 0 aliphatic heterocycles. The highest BCUT2D eigenvalue weighted by atomic mass is 16.5. The third kappa shape index (κ3) is 7.13. The van der Waals surface area contributed by atoms with Crippen molar-refractivity contribution in [2.24, 2.45) is 11.8 Å². The van der Waals surface area contributed by atoms with Crippen molar-refractivity contribution in [2.75, 3.05) is 6.61 Å². The highest BCUT2D eigenvalue weighted by Gasteiger charge is 2.20. The number of hydrogen-bond acceptors (Lipinski definition) is 3. The number of unbranched alkanes of at least 4 members (excludes halogenated alkanes) is 2. The monoisotopic (exact) mass is 394 g/mol. The Bertz CT molecular complexity index is 688. The second kappa shape index (κ2) is 11.9. The van der Waals surface area contributed by atoms with E-state index in [1.165, 1.54) is 69.8 Å². The maximum Gasteiger partial charge on any atom is 0.159 e. The van der Waals surface area contributed by atoms with Gasteiger partial charge in [-0.2, -0.15) is 0 Å². The number of ether oxygens (including phenoxy) is 1. The second-order valence-corrected chi connectivity index (χ2v) is 8.71. The first-order chi connectivity index (χ1) is 14.3. The van der Waals surface area contributed by atoms with Crippen molar-refractivity contribution in [1.29, 1.82) is 0 Å². The van der Waals surface area contributed by atoms with E-state index in [1.807, 2.05) is 0 Å². The van der Waals surface area contributed by atoms with Crippen molar-refractivity contribution >= 4 is 0 Å². The topological polar surface area (TPSA) is 35.0 Å². The summed E-state index contributed by atoms with van der Waals surface area (Å²) in [4.78, 5) is 8.90. The molecule has 0 saturated heterocycles. The number of nitrogens with zero attached hydrogens (tertiary/aromatic N) is 2. The minimum Gasteiger partial charge on any atom is -0.490 e. The van der Waals surface area contributed by atoms with E-state index in [9.17, 15) is 0 Å². The molecule has 3 heteroatoms. The Hall–Kier alpha value is -1.90. The summed E-state index contributed by atoms with van der Waals surface area (Å²) in [6.45, 7) is 5.10. The summed E-state index contributed by atoms with van der Waals surface area (Å²) in [5.74, 6) is 3.45. The number of benzene rings is 1. The van der Waals surface area contributed by atoms with E-state index < -0.39 is 0 Å². The van der Waals surface area contributed by atoms with Crippen LogP contribution >= 0.6 is 0 Å². The van der Waals surface area contributed by atoms with Gasteiger partial charge >= 0.3 is 0 Å². The number of rotatable bonds is 11. The Kier molecular flexibility index (Phi) is 8.98. The number of aryl methyl sites for hydroxylation is 1. The van der Waals surface area contributed by atoms with Gasteiger partial charge in [-0.15, -0.1) is 0 Å². The van der Waals surface area contributed by atoms with Crippen molar-refractivity contribution in [3.8, 4) is 17.1 Å². The SMILES string of the molecule is CCCCCC1CCC(CCc2ccc(-c3ncc(OCCC)cn3)cc2)CC1. The molecular formula is C26H38N2O. The summed E-state index contributed by atoms with van der Waals surface area (Å²) in [5, 5.41) is 0. The molecule has 158 valence electrons. The predicted octanol–water partition coefficient (Wildman–Crippen LogP) is 7.25. The first-order valence-electron chi connectivity index (χ1n) is 11.8. The summed E-state index contributed by atoms with van der Waals surface area (Å²) in [6.07, 6.45) is 18.5. The molecule has 0 spiro atoms. The molecule has 3 nitrogen and oxygen atoms in total. The van der Waals surface area contributed by atoms with E-state index in [4.69, 9.17) is 4.74 Å². The summed E-state index contributed by atoms with van der Waals surface area (Å²) in [7, 11) is 0. The van der Waals surface area contributed by atoms with Crippen LogP contribution in [0.5, 0.6) is 5.75 Å². The van der Waals surface area contributed by atoms with Gasteiger partial charge in [0.2, 0.25) is 0 Å². The van der Waals surface area contributed by atoms with Crippen LogP contribution in [0.15, 0.2) is 36.7 Å². The van der Waals surface area contributed by atoms with Crippen LogP contribution in [0.2, 0.25) is 0 Å². The molecule has 1 heterocycles. The molecular weight excluding hydrogens is 356 g/mol. The van der Waals surface area contributed by atoms with E-state index in [2.05, 4.69) is 48.1 Å². The summed E-state index contributed by atoms with van der Waals surface area (Å²) in [5.41, 5.74) is 2.50. The van der Waals surface area contributed by atoms with Gasteiger partial charge in [-0.3, -0.25) is 0 Å². The molecule has 3 rings (SSSR count). The maximum absolute atomic E-state index is 5.56. The molecule has 0 amide bonds. The lowest BCUT2D eigenvalue weighted by Gasteiger charge is -2.28. The zero-order valence-corrected chi connectivity index (χ0v) is 18.4. The average Bonchev–Trinajstić information content (AvgIpc) is 2.78. The molecule has 0 radical (unpaired) electrons. The molecule has 1 aliphatic carbocycles. The van der Waals surface area contributed by atoms with Gasteiger partial charge in [0.25, 0.3) is 0 Å². The molecule has 1 aliphatic rings. The lowest BCUT2D eigenvalue weighted by atomic mass is 9.78. The summed E-state index contributed by atoms with van der Waals surface area (Å²) in [6, 6.07) is 8.80. The van der Waals surface area contributed by atoms with E-state index in [-0.39, 0.29) is 0 Å². The number of hydrogen-bond donors (Lipinski definition) is 0. The van der Waals surface area contributed by atoms with Crippen molar-refractivity contribution < 1.29 is 4.74 Å². The van der Waals surface area contributed by atoms with Crippen LogP contribution < -0.4 is 4.74 Å². The van der Waals surface area contributed by atoms with Crippen LogP contribution in [0.1, 0.15) is 83.6 Å². The molecule has 0 N–H and O–H groups in total. The molecule has 1 aromatic heterocycles. The Labute approximate surface area is 177 Å². The standard InChI is InChI=1S/C26H38N2O/c1-3-5-6-7-21-8-10-22(11-9-21)12-13-23-14-16-24(17-15-23)26-27-19-25(20-28-26)29-18-4-2/h14-17,19-22H,3-13,18H2,1-2H3. The lowest BCUT2D eigenvalue weighted by molar-refractivity contribution is 0.249. The minimum atomic E-state index is 0.706. The molecule has 1 saturated carbocycles. The third-order valence-electron chi connectivity index (χ3n) is 6.34. The molecule has 0 atom stereocenters. The smallest absolute Gasteiger partial charge is 0.159 e. The van der Waals surface area contributed by atoms with Crippen LogP contribution in [0.3, 0.4) is 0 Å². The Morgan fingerprint density at radius 2 is 1.48 bits per heavy atom. The average molecular weight is 395 g/mol. The lowest BCUT2D eigenvalue weighted by Crippen LogP contribution is -2.15. The van der Waals surface area contributed by atoms with Crippen LogP contribution in [0.4, 0.5) is 0 Å². The highest BCUT2D eigenvalue weighted by Crippen LogP contribution is 2.34. The first kappa shape index (κ1) is 21.8. The van der Waals surface area contributed by atoms with Crippen LogP contribution in [0.25, 0.3) is 11.4 Å². The van der Waals surface area contributed by atoms with Crippen molar-refractivity contribution in [2.45, 2.75) is 84.5 Å². The summed E-state index contributed by atoms with van der Waals surface area (Å²) >= 11 is 0. The zero-order chi connectivity index (χ0) is 20.3. The fourth-order valence-corrected chi connectivity index (χ4v) is 4.44. The largest absolute Gasteiger partial charge is 0.490 e. The van der Waals surface area contributed by atoms with Crippen molar-refractivity contribution in [3.05, 3.63) is 42.2 Å². The normalized spacial score (nSPS) is 19.2. The third-order valence-corrected chi connectivity index (χ3v) is 6.34. The van der Waals surface area contributed by atoms with Gasteiger partial charge in [-0.05, 0) is 36.7 Å². The van der Waals surface area contributed by atoms with Gasteiger partial charge in [0.05, 0.1) is 19.0 Å². The Morgan fingerprint density at radius 1 is 0.828 bits per heavy atom. The van der Waals surface area contributed by atoms with E-state index in [0.717, 1.165) is 35.4 Å². The van der Waals surface area contributed by atoms with Crippen molar-refractivity contribution in [3.63, 3.8) is 0 Å². The second-order valence-electron chi connectivity index (χ2n) is 8.71. The molecule has 2 aromatic rings. The van der Waals surface area contributed by atoms with Crippen LogP contribution in [-0.2, 0) is 6.42 Å². The van der Waals surface area contributed by atoms with E-state index in [1.54, 1.807) is 12.4 Å². The predicted molar refractivity (Wildman–Crippen MR) is 121 cm³/mol. The molecule has 29 heavy (non-hydrogen) atoms.